The number of carbonyl (C=O) groups is 2. The SMILES string of the molecule is CNCC(=O)N1CCC(C(=O)O)(c2ccccc2)CC1. The molecule has 108 valence electrons. The van der Waals surface area contributed by atoms with E-state index in [9.17, 15) is 14.7 Å². The highest BCUT2D eigenvalue weighted by atomic mass is 16.4. The van der Waals surface area contributed by atoms with Gasteiger partial charge in [-0.2, -0.15) is 0 Å². The molecular formula is C15H20N2O3. The van der Waals surface area contributed by atoms with Gasteiger partial charge in [0.2, 0.25) is 5.91 Å². The number of likely N-dealkylation sites (tertiary alicyclic amines) is 1. The van der Waals surface area contributed by atoms with Crippen molar-refractivity contribution in [3.05, 3.63) is 35.9 Å². The first kappa shape index (κ1) is 14.5. The Morgan fingerprint density at radius 2 is 1.85 bits per heavy atom. The quantitative estimate of drug-likeness (QED) is 0.855. The number of rotatable bonds is 4. The summed E-state index contributed by atoms with van der Waals surface area (Å²) in [4.78, 5) is 25.3. The maximum atomic E-state index is 11.8. The zero-order valence-corrected chi connectivity index (χ0v) is 11.6. The third-order valence-corrected chi connectivity index (χ3v) is 4.03. The minimum atomic E-state index is -0.863. The second-order valence-electron chi connectivity index (χ2n) is 5.16. The van der Waals surface area contributed by atoms with Crippen LogP contribution in [-0.2, 0) is 15.0 Å². The van der Waals surface area contributed by atoms with Gasteiger partial charge in [0.1, 0.15) is 0 Å². The van der Waals surface area contributed by atoms with Gasteiger partial charge in [-0.05, 0) is 25.5 Å². The Labute approximate surface area is 118 Å². The molecule has 1 saturated heterocycles. The van der Waals surface area contributed by atoms with E-state index >= 15 is 0 Å². The van der Waals surface area contributed by atoms with Gasteiger partial charge in [-0.25, -0.2) is 0 Å². The largest absolute Gasteiger partial charge is 0.481 e. The molecule has 1 aliphatic rings. The van der Waals surface area contributed by atoms with E-state index in [1.807, 2.05) is 30.3 Å². The van der Waals surface area contributed by atoms with Crippen LogP contribution in [0.15, 0.2) is 30.3 Å². The van der Waals surface area contributed by atoms with Crippen molar-refractivity contribution >= 4 is 11.9 Å². The van der Waals surface area contributed by atoms with Crippen LogP contribution in [-0.4, -0.2) is 48.6 Å². The highest BCUT2D eigenvalue weighted by molar-refractivity contribution is 5.83. The second kappa shape index (κ2) is 6.05. The van der Waals surface area contributed by atoms with Gasteiger partial charge in [-0.3, -0.25) is 9.59 Å². The number of nitrogens with zero attached hydrogens (tertiary/aromatic N) is 1. The molecule has 2 N–H and O–H groups in total. The van der Waals surface area contributed by atoms with Crippen molar-refractivity contribution < 1.29 is 14.7 Å². The van der Waals surface area contributed by atoms with E-state index in [4.69, 9.17) is 0 Å². The molecular weight excluding hydrogens is 256 g/mol. The molecule has 1 aromatic carbocycles. The minimum absolute atomic E-state index is 0.0274. The summed E-state index contributed by atoms with van der Waals surface area (Å²) < 4.78 is 0. The van der Waals surface area contributed by atoms with Crippen LogP contribution < -0.4 is 5.32 Å². The van der Waals surface area contributed by atoms with Crippen molar-refractivity contribution in [2.24, 2.45) is 0 Å². The lowest BCUT2D eigenvalue weighted by Gasteiger charge is -2.39. The zero-order chi connectivity index (χ0) is 14.6. The topological polar surface area (TPSA) is 69.6 Å². The number of carboxylic acids is 1. The number of benzene rings is 1. The fourth-order valence-electron chi connectivity index (χ4n) is 2.78. The molecule has 0 saturated carbocycles. The third kappa shape index (κ3) is 2.67. The van der Waals surface area contributed by atoms with Crippen LogP contribution in [0, 0.1) is 0 Å². The van der Waals surface area contributed by atoms with E-state index in [0.29, 0.717) is 32.5 Å². The van der Waals surface area contributed by atoms with Gasteiger partial charge in [-0.15, -0.1) is 0 Å². The summed E-state index contributed by atoms with van der Waals surface area (Å²) in [5.74, 6) is -0.774. The highest BCUT2D eigenvalue weighted by Crippen LogP contribution is 2.35. The summed E-state index contributed by atoms with van der Waals surface area (Å²) in [6, 6.07) is 9.32. The minimum Gasteiger partial charge on any atom is -0.481 e. The highest BCUT2D eigenvalue weighted by Gasteiger charge is 2.43. The number of hydrogen-bond acceptors (Lipinski definition) is 3. The average Bonchev–Trinajstić information content (AvgIpc) is 2.48. The van der Waals surface area contributed by atoms with Gasteiger partial charge in [0.15, 0.2) is 0 Å². The van der Waals surface area contributed by atoms with Crippen LogP contribution in [0.3, 0.4) is 0 Å². The van der Waals surface area contributed by atoms with Crippen molar-refractivity contribution in [1.29, 1.82) is 0 Å². The Kier molecular flexibility index (Phi) is 4.39. The number of carbonyl (C=O) groups excluding carboxylic acids is 1. The fraction of sp³-hybridized carbons (Fsp3) is 0.467. The Morgan fingerprint density at radius 3 is 2.35 bits per heavy atom. The summed E-state index contributed by atoms with van der Waals surface area (Å²) in [5, 5.41) is 12.5. The summed E-state index contributed by atoms with van der Waals surface area (Å²) in [6.07, 6.45) is 0.920. The molecule has 0 unspecified atom stereocenters. The van der Waals surface area contributed by atoms with Crippen LogP contribution in [0.25, 0.3) is 0 Å². The molecule has 0 aliphatic carbocycles. The molecule has 0 spiro atoms. The van der Waals surface area contributed by atoms with Crippen LogP contribution in [0.1, 0.15) is 18.4 Å². The van der Waals surface area contributed by atoms with E-state index in [2.05, 4.69) is 5.32 Å². The number of hydrogen-bond donors (Lipinski definition) is 2. The van der Waals surface area contributed by atoms with Gasteiger partial charge in [0.25, 0.3) is 0 Å². The van der Waals surface area contributed by atoms with E-state index in [1.54, 1.807) is 11.9 Å². The first-order valence-corrected chi connectivity index (χ1v) is 6.81. The molecule has 1 aromatic rings. The van der Waals surface area contributed by atoms with Gasteiger partial charge >= 0.3 is 5.97 Å². The van der Waals surface area contributed by atoms with Crippen molar-refractivity contribution in [3.63, 3.8) is 0 Å². The molecule has 1 fully saturated rings. The molecule has 2 rings (SSSR count). The van der Waals surface area contributed by atoms with Crippen LogP contribution in [0.5, 0.6) is 0 Å². The first-order chi connectivity index (χ1) is 9.60. The molecule has 5 heteroatoms. The fourth-order valence-corrected chi connectivity index (χ4v) is 2.78. The third-order valence-electron chi connectivity index (χ3n) is 4.03. The van der Waals surface area contributed by atoms with Crippen molar-refractivity contribution in [2.45, 2.75) is 18.3 Å². The molecule has 0 atom stereocenters. The summed E-state index contributed by atoms with van der Waals surface area (Å²) in [7, 11) is 1.73. The number of likely N-dealkylation sites (N-methyl/N-ethyl adjacent to an activating group) is 1. The predicted molar refractivity (Wildman–Crippen MR) is 75.5 cm³/mol. The van der Waals surface area contributed by atoms with E-state index in [1.165, 1.54) is 0 Å². The summed E-state index contributed by atoms with van der Waals surface area (Å²) in [6.45, 7) is 1.27. The maximum Gasteiger partial charge on any atom is 0.314 e. The van der Waals surface area contributed by atoms with Crippen LogP contribution >= 0.6 is 0 Å². The van der Waals surface area contributed by atoms with Crippen molar-refractivity contribution in [3.8, 4) is 0 Å². The number of nitrogens with one attached hydrogen (secondary N) is 1. The summed E-state index contributed by atoms with van der Waals surface area (Å²) in [5.41, 5.74) is -0.0364. The van der Waals surface area contributed by atoms with Gasteiger partial charge in [-0.1, -0.05) is 30.3 Å². The monoisotopic (exact) mass is 276 g/mol. The Morgan fingerprint density at radius 1 is 1.25 bits per heavy atom. The molecule has 20 heavy (non-hydrogen) atoms. The first-order valence-electron chi connectivity index (χ1n) is 6.81. The molecule has 1 aliphatic heterocycles. The van der Waals surface area contributed by atoms with E-state index in [-0.39, 0.29) is 5.91 Å². The van der Waals surface area contributed by atoms with E-state index < -0.39 is 11.4 Å². The number of aliphatic carboxylic acids is 1. The smallest absolute Gasteiger partial charge is 0.314 e. The standard InChI is InChI=1S/C15H20N2O3/c1-16-11-13(18)17-9-7-15(8-10-17,14(19)20)12-5-3-2-4-6-12/h2-6,16H,7-11H2,1H3,(H,19,20). The predicted octanol–water partition coefficient (Wildman–Crippen LogP) is 0.851. The van der Waals surface area contributed by atoms with Gasteiger partial charge < -0.3 is 15.3 Å². The number of amides is 1. The normalized spacial score (nSPS) is 17.8. The lowest BCUT2D eigenvalue weighted by atomic mass is 9.73. The van der Waals surface area contributed by atoms with E-state index in [0.717, 1.165) is 5.56 Å². The Hall–Kier alpha value is -1.88. The second-order valence-corrected chi connectivity index (χ2v) is 5.16. The van der Waals surface area contributed by atoms with Crippen molar-refractivity contribution in [2.75, 3.05) is 26.7 Å². The molecule has 0 radical (unpaired) electrons. The molecule has 1 amide bonds. The Bertz CT molecular complexity index is 479. The molecule has 0 bridgehead atoms. The van der Waals surface area contributed by atoms with Crippen molar-refractivity contribution in [1.82, 2.24) is 10.2 Å². The average molecular weight is 276 g/mol. The number of piperidine rings is 1. The van der Waals surface area contributed by atoms with Crippen LogP contribution in [0.4, 0.5) is 0 Å². The van der Waals surface area contributed by atoms with Gasteiger partial charge in [0, 0.05) is 13.1 Å². The van der Waals surface area contributed by atoms with Gasteiger partial charge in [0.05, 0.1) is 12.0 Å². The van der Waals surface area contributed by atoms with Crippen LogP contribution in [0.2, 0.25) is 0 Å². The maximum absolute atomic E-state index is 11.8. The molecule has 1 heterocycles. The summed E-state index contributed by atoms with van der Waals surface area (Å²) >= 11 is 0. The zero-order valence-electron chi connectivity index (χ0n) is 11.6. The number of carboxylic acid groups (broad SMARTS) is 1. The lowest BCUT2D eigenvalue weighted by molar-refractivity contribution is -0.148. The Balaban J connectivity index is 2.15. The lowest BCUT2D eigenvalue weighted by Crippen LogP contribution is -2.50. The molecule has 0 aromatic heterocycles. The molecule has 5 nitrogen and oxygen atoms in total.